The Morgan fingerprint density at radius 1 is 0.818 bits per heavy atom. The molecule has 2 fully saturated rings. The number of amides is 2. The summed E-state index contributed by atoms with van der Waals surface area (Å²) in [6.07, 6.45) is 0.982. The van der Waals surface area contributed by atoms with Crippen LogP contribution in [0.2, 0.25) is 0 Å². The lowest BCUT2D eigenvalue weighted by Gasteiger charge is -2.34. The van der Waals surface area contributed by atoms with Gasteiger partial charge >= 0.3 is 0 Å². The minimum Gasteiger partial charge on any atom is -0.351 e. The molecule has 7 nitrogen and oxygen atoms in total. The lowest BCUT2D eigenvalue weighted by atomic mass is 10.2. The molecule has 2 aromatic carbocycles. The number of halogens is 1. The Bertz CT molecular complexity index is 916. The molecule has 1 atom stereocenters. The number of anilines is 1. The van der Waals surface area contributed by atoms with Gasteiger partial charge in [0.15, 0.2) is 0 Å². The second kappa shape index (κ2) is 11.4. The van der Waals surface area contributed by atoms with E-state index in [9.17, 15) is 14.0 Å². The number of carbonyl (C=O) groups is 2. The molecule has 2 N–H and O–H groups in total. The Hall–Kier alpha value is -2.81. The van der Waals surface area contributed by atoms with Crippen molar-refractivity contribution in [3.63, 3.8) is 0 Å². The summed E-state index contributed by atoms with van der Waals surface area (Å²) in [6.45, 7) is 6.46. The normalized spacial score (nSPS) is 20.0. The number of piperazine rings is 1. The molecule has 2 amide bonds. The molecule has 2 heterocycles. The predicted octanol–water partition coefficient (Wildman–Crippen LogP) is 1.77. The number of carbonyl (C=O) groups excluding carboxylic acids is 2. The zero-order valence-electron chi connectivity index (χ0n) is 18.9. The Balaban J connectivity index is 1.12. The number of nitrogens with zero attached hydrogens (tertiary/aromatic N) is 3. The zero-order chi connectivity index (χ0) is 23.0. The fourth-order valence-electron chi connectivity index (χ4n) is 4.45. The van der Waals surface area contributed by atoms with Crippen molar-refractivity contribution in [1.29, 1.82) is 0 Å². The Morgan fingerprint density at radius 3 is 2.12 bits per heavy atom. The van der Waals surface area contributed by atoms with E-state index in [4.69, 9.17) is 0 Å². The molecule has 0 bridgehead atoms. The number of nitrogens with one attached hydrogen (secondary N) is 2. The molecule has 0 radical (unpaired) electrons. The summed E-state index contributed by atoms with van der Waals surface area (Å²) in [7, 11) is 0. The lowest BCUT2D eigenvalue weighted by Crippen LogP contribution is -2.51. The quantitative estimate of drug-likeness (QED) is 0.638. The summed E-state index contributed by atoms with van der Waals surface area (Å²) in [5.41, 5.74) is 1.89. The van der Waals surface area contributed by atoms with Crippen LogP contribution in [-0.2, 0) is 16.1 Å². The van der Waals surface area contributed by atoms with Gasteiger partial charge in [-0.05, 0) is 36.2 Å². The van der Waals surface area contributed by atoms with Crippen molar-refractivity contribution in [3.05, 3.63) is 66.0 Å². The molecular formula is C25H32FN5O2. The molecule has 4 rings (SSSR count). The summed E-state index contributed by atoms with van der Waals surface area (Å²) in [5.74, 6) is -0.372. The molecular weight excluding hydrogens is 421 g/mol. The van der Waals surface area contributed by atoms with E-state index in [0.717, 1.165) is 52.2 Å². The van der Waals surface area contributed by atoms with Crippen molar-refractivity contribution < 1.29 is 14.0 Å². The molecule has 8 heteroatoms. The van der Waals surface area contributed by atoms with E-state index in [1.807, 2.05) is 6.07 Å². The number of rotatable bonds is 8. The summed E-state index contributed by atoms with van der Waals surface area (Å²) in [4.78, 5) is 31.4. The largest absolute Gasteiger partial charge is 0.351 e. The van der Waals surface area contributed by atoms with E-state index < -0.39 is 0 Å². The van der Waals surface area contributed by atoms with Crippen molar-refractivity contribution in [3.8, 4) is 0 Å². The third-order valence-corrected chi connectivity index (χ3v) is 6.21. The molecule has 0 aromatic heterocycles. The second-order valence-corrected chi connectivity index (χ2v) is 8.88. The van der Waals surface area contributed by atoms with E-state index in [2.05, 4.69) is 49.6 Å². The highest BCUT2D eigenvalue weighted by molar-refractivity contribution is 5.92. The maximum atomic E-state index is 13.0. The van der Waals surface area contributed by atoms with Crippen molar-refractivity contribution in [2.24, 2.45) is 0 Å². The van der Waals surface area contributed by atoms with Gasteiger partial charge in [-0.25, -0.2) is 4.39 Å². The third kappa shape index (κ3) is 7.35. The maximum absolute atomic E-state index is 13.0. The van der Waals surface area contributed by atoms with Gasteiger partial charge in [0.2, 0.25) is 11.8 Å². The van der Waals surface area contributed by atoms with Crippen molar-refractivity contribution in [2.45, 2.75) is 19.0 Å². The number of benzene rings is 2. The maximum Gasteiger partial charge on any atom is 0.238 e. The first-order chi connectivity index (χ1) is 16.0. The molecule has 2 aliphatic heterocycles. The van der Waals surface area contributed by atoms with Crippen LogP contribution in [0.5, 0.6) is 0 Å². The molecule has 33 heavy (non-hydrogen) atoms. The summed E-state index contributed by atoms with van der Waals surface area (Å²) >= 11 is 0. The Labute approximate surface area is 194 Å². The molecule has 0 saturated carbocycles. The number of hydrogen-bond donors (Lipinski definition) is 2. The van der Waals surface area contributed by atoms with Crippen molar-refractivity contribution in [2.75, 3.05) is 57.7 Å². The zero-order valence-corrected chi connectivity index (χ0v) is 18.9. The van der Waals surface area contributed by atoms with Crippen molar-refractivity contribution >= 4 is 17.5 Å². The highest BCUT2D eigenvalue weighted by atomic mass is 19.1. The average Bonchev–Trinajstić information content (AvgIpc) is 3.24. The lowest BCUT2D eigenvalue weighted by molar-refractivity contribution is -0.124. The minimum atomic E-state index is -0.328. The highest BCUT2D eigenvalue weighted by Gasteiger charge is 2.25. The van der Waals surface area contributed by atoms with E-state index in [1.165, 1.54) is 17.7 Å². The molecule has 0 unspecified atom stereocenters. The number of hydrogen-bond acceptors (Lipinski definition) is 5. The first kappa shape index (κ1) is 23.4. The molecule has 2 aliphatic rings. The average molecular weight is 454 g/mol. The molecule has 176 valence electrons. The summed E-state index contributed by atoms with van der Waals surface area (Å²) < 4.78 is 13.0. The second-order valence-electron chi connectivity index (χ2n) is 8.88. The van der Waals surface area contributed by atoms with Gasteiger partial charge in [0.25, 0.3) is 0 Å². The van der Waals surface area contributed by atoms with Crippen LogP contribution in [0, 0.1) is 5.82 Å². The molecule has 2 aromatic rings. The minimum absolute atomic E-state index is 0.0732. The molecule has 2 saturated heterocycles. The Kier molecular flexibility index (Phi) is 8.04. The Morgan fingerprint density at radius 2 is 1.45 bits per heavy atom. The topological polar surface area (TPSA) is 67.9 Å². The van der Waals surface area contributed by atoms with Crippen molar-refractivity contribution in [1.82, 2.24) is 20.0 Å². The van der Waals surface area contributed by atoms with Gasteiger partial charge in [-0.15, -0.1) is 0 Å². The first-order valence-corrected chi connectivity index (χ1v) is 11.6. The van der Waals surface area contributed by atoms with Gasteiger partial charge in [-0.2, -0.15) is 0 Å². The van der Waals surface area contributed by atoms with Crippen LogP contribution in [0.15, 0.2) is 54.6 Å². The van der Waals surface area contributed by atoms with Gasteiger partial charge < -0.3 is 10.6 Å². The van der Waals surface area contributed by atoms with E-state index in [1.54, 1.807) is 12.1 Å². The molecule has 0 spiro atoms. The predicted molar refractivity (Wildman–Crippen MR) is 126 cm³/mol. The monoisotopic (exact) mass is 453 g/mol. The molecule has 0 aliphatic carbocycles. The van der Waals surface area contributed by atoms with Gasteiger partial charge in [-0.1, -0.05) is 30.3 Å². The third-order valence-electron chi connectivity index (χ3n) is 6.21. The highest BCUT2D eigenvalue weighted by Crippen LogP contribution is 2.14. The van der Waals surface area contributed by atoms with Gasteiger partial charge in [0, 0.05) is 57.5 Å². The van der Waals surface area contributed by atoms with E-state index in [0.29, 0.717) is 12.2 Å². The van der Waals surface area contributed by atoms with Crippen LogP contribution in [0.25, 0.3) is 0 Å². The SMILES string of the molecule is O=C(CN1CCN(CC(=O)N[C@H]2CCN(Cc3ccccc3)C2)CC1)Nc1ccc(F)cc1. The van der Waals surface area contributed by atoms with Gasteiger partial charge in [-0.3, -0.25) is 24.3 Å². The van der Waals surface area contributed by atoms with E-state index >= 15 is 0 Å². The van der Waals surface area contributed by atoms with Gasteiger partial charge in [0.05, 0.1) is 13.1 Å². The van der Waals surface area contributed by atoms with Crippen LogP contribution < -0.4 is 10.6 Å². The summed E-state index contributed by atoms with van der Waals surface area (Å²) in [6, 6.07) is 16.4. The smallest absolute Gasteiger partial charge is 0.238 e. The standard InChI is InChI=1S/C25H32FN5O2/c26-21-6-8-22(9-7-21)27-24(32)18-29-12-14-30(15-13-29)19-25(33)28-23-10-11-31(17-23)16-20-4-2-1-3-5-20/h1-9,23H,10-19H2,(H,27,32)(H,28,33)/t23-/m0/s1. The van der Waals surface area contributed by atoms with Crippen LogP contribution >= 0.6 is 0 Å². The first-order valence-electron chi connectivity index (χ1n) is 11.6. The fourth-order valence-corrected chi connectivity index (χ4v) is 4.45. The van der Waals surface area contributed by atoms with Crippen LogP contribution in [-0.4, -0.2) is 84.9 Å². The van der Waals surface area contributed by atoms with E-state index in [-0.39, 0.29) is 30.2 Å². The van der Waals surface area contributed by atoms with Crippen LogP contribution in [0.3, 0.4) is 0 Å². The summed E-state index contributed by atoms with van der Waals surface area (Å²) in [5, 5.41) is 5.98. The number of likely N-dealkylation sites (tertiary alicyclic amines) is 1. The van der Waals surface area contributed by atoms with Crippen LogP contribution in [0.4, 0.5) is 10.1 Å². The van der Waals surface area contributed by atoms with Gasteiger partial charge in [0.1, 0.15) is 5.82 Å². The van der Waals surface area contributed by atoms with Crippen LogP contribution in [0.1, 0.15) is 12.0 Å². The fraction of sp³-hybridized carbons (Fsp3) is 0.440.